The van der Waals surface area contributed by atoms with Crippen molar-refractivity contribution in [1.82, 2.24) is 15.1 Å². The predicted molar refractivity (Wildman–Crippen MR) is 85.7 cm³/mol. The van der Waals surface area contributed by atoms with E-state index >= 15 is 0 Å². The maximum atomic E-state index is 5.96. The van der Waals surface area contributed by atoms with Crippen LogP contribution in [0.2, 0.25) is 0 Å². The Morgan fingerprint density at radius 1 is 1.29 bits per heavy atom. The molecule has 0 fully saturated rings. The normalized spacial score (nSPS) is 12.7. The first-order chi connectivity index (χ1) is 10.1. The minimum atomic E-state index is 0.0705. The van der Waals surface area contributed by atoms with E-state index in [0.29, 0.717) is 0 Å². The summed E-state index contributed by atoms with van der Waals surface area (Å²) in [5.41, 5.74) is 3.34. The Morgan fingerprint density at radius 3 is 2.62 bits per heavy atom. The van der Waals surface area contributed by atoms with Crippen molar-refractivity contribution in [2.75, 3.05) is 7.05 Å². The Kier molecular flexibility index (Phi) is 5.02. The highest BCUT2D eigenvalue weighted by Crippen LogP contribution is 2.30. The standard InChI is InChI=1S/C17H25N3O/c1-6-20-15(11-13(4)19-20)17(18-5)14-9-7-8-10-16(14)21-12(2)3/h7-12,17-18H,6H2,1-5H3. The van der Waals surface area contributed by atoms with Gasteiger partial charge in [0.25, 0.3) is 0 Å². The lowest BCUT2D eigenvalue weighted by molar-refractivity contribution is 0.238. The Hall–Kier alpha value is -1.81. The molecule has 0 spiro atoms. The molecule has 0 amide bonds. The van der Waals surface area contributed by atoms with Crippen LogP contribution in [0, 0.1) is 6.92 Å². The molecular weight excluding hydrogens is 262 g/mol. The van der Waals surface area contributed by atoms with Crippen LogP contribution in [0.1, 0.15) is 43.8 Å². The molecule has 0 aliphatic carbocycles. The van der Waals surface area contributed by atoms with Gasteiger partial charge < -0.3 is 10.1 Å². The van der Waals surface area contributed by atoms with E-state index < -0.39 is 0 Å². The van der Waals surface area contributed by atoms with Crippen LogP contribution in [0.3, 0.4) is 0 Å². The molecule has 1 aromatic carbocycles. The maximum absolute atomic E-state index is 5.96. The average Bonchev–Trinajstić information content (AvgIpc) is 2.82. The van der Waals surface area contributed by atoms with E-state index in [0.717, 1.165) is 29.2 Å². The van der Waals surface area contributed by atoms with Gasteiger partial charge in [0.05, 0.1) is 23.5 Å². The number of nitrogens with zero attached hydrogens (tertiary/aromatic N) is 2. The molecule has 114 valence electrons. The van der Waals surface area contributed by atoms with E-state index in [1.165, 1.54) is 0 Å². The third-order valence-electron chi connectivity index (χ3n) is 3.41. The smallest absolute Gasteiger partial charge is 0.124 e. The lowest BCUT2D eigenvalue weighted by atomic mass is 10.0. The van der Waals surface area contributed by atoms with Crippen LogP contribution in [0.5, 0.6) is 5.75 Å². The zero-order chi connectivity index (χ0) is 15.4. The monoisotopic (exact) mass is 287 g/mol. The molecule has 4 nitrogen and oxygen atoms in total. The molecule has 0 bridgehead atoms. The van der Waals surface area contributed by atoms with Crippen LogP contribution in [0.15, 0.2) is 30.3 Å². The van der Waals surface area contributed by atoms with Gasteiger partial charge in [-0.05, 0) is 46.9 Å². The Morgan fingerprint density at radius 2 is 2.00 bits per heavy atom. The predicted octanol–water partition coefficient (Wildman–Crippen LogP) is 3.31. The van der Waals surface area contributed by atoms with Crippen molar-refractivity contribution >= 4 is 0 Å². The van der Waals surface area contributed by atoms with Crippen molar-refractivity contribution in [3.05, 3.63) is 47.3 Å². The summed E-state index contributed by atoms with van der Waals surface area (Å²) in [5, 5.41) is 7.95. The van der Waals surface area contributed by atoms with Gasteiger partial charge in [-0.1, -0.05) is 18.2 Å². The third kappa shape index (κ3) is 3.45. The second-order valence-electron chi connectivity index (χ2n) is 5.45. The van der Waals surface area contributed by atoms with E-state index in [1.54, 1.807) is 0 Å². The summed E-state index contributed by atoms with van der Waals surface area (Å²) < 4.78 is 8.00. The quantitative estimate of drug-likeness (QED) is 0.886. The molecule has 21 heavy (non-hydrogen) atoms. The molecule has 0 aliphatic rings. The fourth-order valence-electron chi connectivity index (χ4n) is 2.59. The lowest BCUT2D eigenvalue weighted by Gasteiger charge is -2.22. The molecule has 0 radical (unpaired) electrons. The Balaban J connectivity index is 2.46. The summed E-state index contributed by atoms with van der Waals surface area (Å²) in [6.45, 7) is 9.09. The number of aryl methyl sites for hydroxylation is 2. The second kappa shape index (κ2) is 6.76. The van der Waals surface area contributed by atoms with Gasteiger partial charge in [-0.2, -0.15) is 5.10 Å². The Labute approximate surface area is 127 Å². The zero-order valence-corrected chi connectivity index (χ0v) is 13.6. The van der Waals surface area contributed by atoms with Gasteiger partial charge in [-0.25, -0.2) is 0 Å². The van der Waals surface area contributed by atoms with Crippen LogP contribution in [-0.4, -0.2) is 22.9 Å². The van der Waals surface area contributed by atoms with Gasteiger partial charge in [0, 0.05) is 12.1 Å². The van der Waals surface area contributed by atoms with Gasteiger partial charge in [-0.15, -0.1) is 0 Å². The van der Waals surface area contributed by atoms with Crippen molar-refractivity contribution < 1.29 is 4.74 Å². The summed E-state index contributed by atoms with van der Waals surface area (Å²) >= 11 is 0. The molecule has 0 saturated carbocycles. The van der Waals surface area contributed by atoms with Crippen molar-refractivity contribution in [2.24, 2.45) is 0 Å². The molecule has 1 N–H and O–H groups in total. The fraction of sp³-hybridized carbons (Fsp3) is 0.471. The summed E-state index contributed by atoms with van der Waals surface area (Å²) in [4.78, 5) is 0. The van der Waals surface area contributed by atoms with Gasteiger partial charge in [0.2, 0.25) is 0 Å². The number of hydrogen-bond donors (Lipinski definition) is 1. The van der Waals surface area contributed by atoms with E-state index in [4.69, 9.17) is 4.74 Å². The van der Waals surface area contributed by atoms with Crippen LogP contribution in [0.4, 0.5) is 0 Å². The average molecular weight is 287 g/mol. The first-order valence-corrected chi connectivity index (χ1v) is 7.54. The van der Waals surface area contributed by atoms with Crippen molar-refractivity contribution in [3.8, 4) is 5.75 Å². The van der Waals surface area contributed by atoms with Gasteiger partial charge in [0.1, 0.15) is 5.75 Å². The van der Waals surface area contributed by atoms with Crippen LogP contribution in [-0.2, 0) is 6.54 Å². The van der Waals surface area contributed by atoms with Crippen LogP contribution in [0.25, 0.3) is 0 Å². The molecule has 1 heterocycles. The summed E-state index contributed by atoms with van der Waals surface area (Å²) in [7, 11) is 1.97. The highest BCUT2D eigenvalue weighted by molar-refractivity contribution is 5.40. The number of rotatable bonds is 6. The molecular formula is C17H25N3O. The highest BCUT2D eigenvalue weighted by Gasteiger charge is 2.21. The van der Waals surface area contributed by atoms with Gasteiger partial charge in [0.15, 0.2) is 0 Å². The molecule has 1 atom stereocenters. The summed E-state index contributed by atoms with van der Waals surface area (Å²) in [6, 6.07) is 10.4. The minimum absolute atomic E-state index is 0.0705. The highest BCUT2D eigenvalue weighted by atomic mass is 16.5. The second-order valence-corrected chi connectivity index (χ2v) is 5.45. The zero-order valence-electron chi connectivity index (χ0n) is 13.6. The summed E-state index contributed by atoms with van der Waals surface area (Å²) in [5.74, 6) is 0.924. The molecule has 1 unspecified atom stereocenters. The minimum Gasteiger partial charge on any atom is -0.491 e. The summed E-state index contributed by atoms with van der Waals surface area (Å²) in [6.07, 6.45) is 0.154. The molecule has 0 saturated heterocycles. The number of ether oxygens (including phenoxy) is 1. The molecule has 1 aromatic heterocycles. The van der Waals surface area contributed by atoms with Crippen molar-refractivity contribution in [3.63, 3.8) is 0 Å². The first-order valence-electron chi connectivity index (χ1n) is 7.54. The molecule has 4 heteroatoms. The lowest BCUT2D eigenvalue weighted by Crippen LogP contribution is -2.22. The Bertz CT molecular complexity index is 589. The molecule has 2 aromatic rings. The van der Waals surface area contributed by atoms with Crippen LogP contribution >= 0.6 is 0 Å². The fourth-order valence-corrected chi connectivity index (χ4v) is 2.59. The number of aromatic nitrogens is 2. The van der Waals surface area contributed by atoms with Crippen LogP contribution < -0.4 is 10.1 Å². The van der Waals surface area contributed by atoms with Gasteiger partial charge >= 0.3 is 0 Å². The van der Waals surface area contributed by atoms with E-state index in [2.05, 4.69) is 29.5 Å². The topological polar surface area (TPSA) is 39.1 Å². The van der Waals surface area contributed by atoms with Crippen molar-refractivity contribution in [2.45, 2.75) is 46.4 Å². The van der Waals surface area contributed by atoms with E-state index in [9.17, 15) is 0 Å². The maximum Gasteiger partial charge on any atom is 0.124 e. The van der Waals surface area contributed by atoms with Crippen molar-refractivity contribution in [1.29, 1.82) is 0 Å². The number of benzene rings is 1. The van der Waals surface area contributed by atoms with Gasteiger partial charge in [-0.3, -0.25) is 4.68 Å². The third-order valence-corrected chi connectivity index (χ3v) is 3.41. The first kappa shape index (κ1) is 15.6. The number of hydrogen-bond acceptors (Lipinski definition) is 3. The number of para-hydroxylation sites is 1. The van der Waals surface area contributed by atoms with E-state index in [-0.39, 0.29) is 12.1 Å². The largest absolute Gasteiger partial charge is 0.491 e. The molecule has 0 aliphatic heterocycles. The SMILES string of the molecule is CCn1nc(C)cc1C(NC)c1ccccc1OC(C)C. The molecule has 2 rings (SSSR count). The van der Waals surface area contributed by atoms with E-state index in [1.807, 2.05) is 50.7 Å². The number of nitrogens with one attached hydrogen (secondary N) is 1.